The summed E-state index contributed by atoms with van der Waals surface area (Å²) in [5.41, 5.74) is 1.90. The number of urea groups is 1. The van der Waals surface area contributed by atoms with Crippen LogP contribution in [0.15, 0.2) is 69.3 Å². The van der Waals surface area contributed by atoms with Crippen LogP contribution in [-0.4, -0.2) is 36.5 Å². The first-order valence-corrected chi connectivity index (χ1v) is 11.2. The van der Waals surface area contributed by atoms with Crippen LogP contribution < -0.4 is 15.6 Å². The first kappa shape index (κ1) is 20.6. The summed E-state index contributed by atoms with van der Waals surface area (Å²) >= 11 is 0. The van der Waals surface area contributed by atoms with E-state index in [2.05, 4.69) is 15.4 Å². The van der Waals surface area contributed by atoms with Gasteiger partial charge in [0.2, 0.25) is 0 Å². The van der Waals surface area contributed by atoms with Crippen molar-refractivity contribution in [3.63, 3.8) is 0 Å². The number of para-hydroxylation sites is 1. The van der Waals surface area contributed by atoms with Crippen molar-refractivity contribution in [3.8, 4) is 5.69 Å². The van der Waals surface area contributed by atoms with Crippen molar-refractivity contribution in [2.45, 2.75) is 24.7 Å². The Labute approximate surface area is 178 Å². The number of anilines is 1. The van der Waals surface area contributed by atoms with Gasteiger partial charge in [0.1, 0.15) is 11.4 Å². The number of carbonyl (C=O) groups excluding carboxylic acids is 1. The molecular formula is C21H21N5O4S. The van der Waals surface area contributed by atoms with Crippen LogP contribution >= 0.6 is 0 Å². The third-order valence-corrected chi connectivity index (χ3v) is 6.21. The molecule has 0 aliphatic carbocycles. The minimum atomic E-state index is -4.07. The maximum atomic E-state index is 13.1. The van der Waals surface area contributed by atoms with Gasteiger partial charge in [-0.2, -0.15) is 0 Å². The fourth-order valence-corrected chi connectivity index (χ4v) is 4.24. The van der Waals surface area contributed by atoms with E-state index in [4.69, 9.17) is 0 Å². The van der Waals surface area contributed by atoms with E-state index in [1.54, 1.807) is 36.4 Å². The molecule has 9 nitrogen and oxygen atoms in total. The van der Waals surface area contributed by atoms with Crippen LogP contribution in [0.5, 0.6) is 0 Å². The monoisotopic (exact) mass is 439 g/mol. The number of aromatic amines is 1. The molecule has 10 heteroatoms. The molecule has 0 saturated heterocycles. The third-order valence-electron chi connectivity index (χ3n) is 4.86. The van der Waals surface area contributed by atoms with E-state index in [1.807, 2.05) is 17.7 Å². The van der Waals surface area contributed by atoms with E-state index in [1.165, 1.54) is 16.8 Å². The highest BCUT2D eigenvalue weighted by Crippen LogP contribution is 2.19. The molecule has 1 aliphatic heterocycles. The van der Waals surface area contributed by atoms with Crippen molar-refractivity contribution < 1.29 is 13.2 Å². The average Bonchev–Trinajstić information content (AvgIpc) is 3.36. The summed E-state index contributed by atoms with van der Waals surface area (Å²) < 4.78 is 28.3. The van der Waals surface area contributed by atoms with Crippen molar-refractivity contribution in [2.24, 2.45) is 4.99 Å². The van der Waals surface area contributed by atoms with Gasteiger partial charge >= 0.3 is 6.03 Å². The quantitative estimate of drug-likeness (QED) is 0.565. The largest absolute Gasteiger partial charge is 0.334 e. The molecule has 4 rings (SSSR count). The highest BCUT2D eigenvalue weighted by atomic mass is 32.2. The molecule has 31 heavy (non-hydrogen) atoms. The van der Waals surface area contributed by atoms with Crippen LogP contribution in [0, 0.1) is 6.92 Å². The zero-order chi connectivity index (χ0) is 22.0. The number of aryl methyl sites for hydroxylation is 1. The first-order valence-electron chi connectivity index (χ1n) is 9.70. The lowest BCUT2D eigenvalue weighted by molar-refractivity contribution is 0.256. The Hall–Kier alpha value is -3.66. The fraction of sp³-hybridized carbons (Fsp3) is 0.190. The van der Waals surface area contributed by atoms with Crippen LogP contribution in [0.25, 0.3) is 5.69 Å². The topological polar surface area (TPSA) is 125 Å². The van der Waals surface area contributed by atoms with Crippen molar-refractivity contribution in [1.29, 1.82) is 0 Å². The highest BCUT2D eigenvalue weighted by molar-refractivity contribution is 7.90. The Morgan fingerprint density at radius 2 is 1.81 bits per heavy atom. The van der Waals surface area contributed by atoms with E-state index < -0.39 is 16.1 Å². The standard InChI is InChI=1S/C21H21N5O4S/c1-14-9-11-16(12-10-14)31(29,30)25-21(28)23-19-18(17-8-5-13-22-17)20(27)26(24-19)15-6-3-2-4-7-15/h2-4,6-7,9-12,24H,5,8,13H2,1H3,(H2,23,25,28). The van der Waals surface area contributed by atoms with E-state index in [9.17, 15) is 18.0 Å². The molecule has 0 atom stereocenters. The zero-order valence-corrected chi connectivity index (χ0v) is 17.6. The number of sulfonamides is 1. The number of aromatic nitrogens is 2. The summed E-state index contributed by atoms with van der Waals surface area (Å²) in [7, 11) is -4.07. The predicted molar refractivity (Wildman–Crippen MR) is 118 cm³/mol. The molecule has 0 bridgehead atoms. The molecule has 3 N–H and O–H groups in total. The van der Waals surface area contributed by atoms with Crippen LogP contribution in [-0.2, 0) is 10.0 Å². The average molecular weight is 439 g/mol. The van der Waals surface area contributed by atoms with Gasteiger partial charge in [-0.05, 0) is 44.0 Å². The summed E-state index contributed by atoms with van der Waals surface area (Å²) in [4.78, 5) is 29.9. The summed E-state index contributed by atoms with van der Waals surface area (Å²) in [6.07, 6.45) is 1.40. The van der Waals surface area contributed by atoms with E-state index >= 15 is 0 Å². The highest BCUT2D eigenvalue weighted by Gasteiger charge is 2.25. The lowest BCUT2D eigenvalue weighted by atomic mass is 10.1. The van der Waals surface area contributed by atoms with Gasteiger partial charge in [0.15, 0.2) is 0 Å². The second-order valence-corrected chi connectivity index (χ2v) is 8.82. The Bertz CT molecular complexity index is 1310. The second-order valence-electron chi connectivity index (χ2n) is 7.14. The molecule has 0 saturated carbocycles. The number of aliphatic imine (C=N–C) groups is 1. The normalized spacial score (nSPS) is 13.6. The van der Waals surface area contributed by atoms with Gasteiger partial charge in [0, 0.05) is 6.54 Å². The Morgan fingerprint density at radius 3 is 2.45 bits per heavy atom. The number of nitrogens with zero attached hydrogens (tertiary/aromatic N) is 2. The fourth-order valence-electron chi connectivity index (χ4n) is 3.34. The van der Waals surface area contributed by atoms with Crippen molar-refractivity contribution in [1.82, 2.24) is 14.5 Å². The van der Waals surface area contributed by atoms with Gasteiger partial charge in [0.05, 0.1) is 16.3 Å². The van der Waals surface area contributed by atoms with E-state index in [-0.39, 0.29) is 21.8 Å². The molecule has 2 aromatic carbocycles. The molecule has 2 amide bonds. The molecule has 2 heterocycles. The maximum absolute atomic E-state index is 13.1. The minimum Gasteiger partial charge on any atom is -0.291 e. The van der Waals surface area contributed by atoms with Gasteiger partial charge in [0.25, 0.3) is 15.6 Å². The summed E-state index contributed by atoms with van der Waals surface area (Å²) in [6.45, 7) is 2.43. The predicted octanol–water partition coefficient (Wildman–Crippen LogP) is 2.57. The number of H-pyrrole nitrogens is 1. The SMILES string of the molecule is Cc1ccc(S(=O)(=O)NC(=O)Nc2[nH]n(-c3ccccc3)c(=O)c2C2=NCCC2)cc1. The molecular weight excluding hydrogens is 418 g/mol. The number of amides is 2. The lowest BCUT2D eigenvalue weighted by Gasteiger charge is -2.09. The lowest BCUT2D eigenvalue weighted by Crippen LogP contribution is -2.35. The van der Waals surface area contributed by atoms with Crippen LogP contribution in [0.2, 0.25) is 0 Å². The minimum absolute atomic E-state index is 0.0380. The second kappa shape index (κ2) is 8.23. The number of benzene rings is 2. The van der Waals surface area contributed by atoms with Crippen LogP contribution in [0.1, 0.15) is 24.0 Å². The molecule has 160 valence electrons. The van der Waals surface area contributed by atoms with E-state index in [0.29, 0.717) is 24.4 Å². The van der Waals surface area contributed by atoms with E-state index in [0.717, 1.165) is 12.0 Å². The van der Waals surface area contributed by atoms with Crippen molar-refractivity contribution >= 4 is 27.6 Å². The number of rotatable bonds is 5. The Balaban J connectivity index is 1.65. The van der Waals surface area contributed by atoms with Gasteiger partial charge < -0.3 is 0 Å². The van der Waals surface area contributed by atoms with Gasteiger partial charge in [-0.25, -0.2) is 22.6 Å². The molecule has 0 spiro atoms. The number of nitrogens with one attached hydrogen (secondary N) is 3. The molecule has 1 aromatic heterocycles. The molecule has 0 unspecified atom stereocenters. The van der Waals surface area contributed by atoms with Crippen molar-refractivity contribution in [3.05, 3.63) is 76.1 Å². The van der Waals surface area contributed by atoms with Crippen LogP contribution in [0.4, 0.5) is 10.6 Å². The van der Waals surface area contributed by atoms with Crippen molar-refractivity contribution in [2.75, 3.05) is 11.9 Å². The molecule has 0 radical (unpaired) electrons. The Morgan fingerprint density at radius 1 is 1.10 bits per heavy atom. The van der Waals surface area contributed by atoms with Gasteiger partial charge in [-0.3, -0.25) is 20.2 Å². The molecule has 3 aromatic rings. The summed E-state index contributed by atoms with van der Waals surface area (Å²) in [5.74, 6) is 0.0890. The molecule has 0 fully saturated rings. The van der Waals surface area contributed by atoms with Gasteiger partial charge in [-0.1, -0.05) is 35.9 Å². The zero-order valence-electron chi connectivity index (χ0n) is 16.8. The summed E-state index contributed by atoms with van der Waals surface area (Å²) in [5, 5.41) is 5.33. The molecule has 1 aliphatic rings. The summed E-state index contributed by atoms with van der Waals surface area (Å²) in [6, 6.07) is 14.0. The number of carbonyl (C=O) groups is 1. The van der Waals surface area contributed by atoms with Gasteiger partial charge in [-0.15, -0.1) is 0 Å². The first-order chi connectivity index (χ1) is 14.8. The third kappa shape index (κ3) is 4.29. The Kier molecular flexibility index (Phi) is 5.47. The number of hydrogen-bond acceptors (Lipinski definition) is 5. The smallest absolute Gasteiger partial charge is 0.291 e. The maximum Gasteiger partial charge on any atom is 0.334 e. The van der Waals surface area contributed by atoms with Crippen LogP contribution in [0.3, 0.4) is 0 Å². The number of hydrogen-bond donors (Lipinski definition) is 3.